The monoisotopic (exact) mass is 274 g/mol. The fraction of sp³-hybridized carbons (Fsp3) is 0.500. The minimum absolute atomic E-state index is 0.136. The molecule has 4 heteroatoms. The summed E-state index contributed by atoms with van der Waals surface area (Å²) in [4.78, 5) is 12.0. The van der Waals surface area contributed by atoms with Gasteiger partial charge in [0, 0.05) is 0 Å². The van der Waals surface area contributed by atoms with Crippen molar-refractivity contribution in [2.24, 2.45) is 11.0 Å². The Labute approximate surface area is 120 Å². The molecule has 0 amide bonds. The average Bonchev–Trinajstić information content (AvgIpc) is 2.72. The predicted molar refractivity (Wildman–Crippen MR) is 80.7 cm³/mol. The maximum absolute atomic E-state index is 12.0. The summed E-state index contributed by atoms with van der Waals surface area (Å²) in [5.41, 5.74) is 4.91. The van der Waals surface area contributed by atoms with Gasteiger partial charge in [0.25, 0.3) is 0 Å². The summed E-state index contributed by atoms with van der Waals surface area (Å²) in [6.45, 7) is 2.27. The fourth-order valence-electron chi connectivity index (χ4n) is 2.45. The van der Waals surface area contributed by atoms with Gasteiger partial charge in [-0.3, -0.25) is 10.2 Å². The third-order valence-electron chi connectivity index (χ3n) is 3.50. The molecule has 1 aliphatic carbocycles. The SMILES string of the molecule is CCOC(=O)[C@H]1CCCCC/C1=N\Nc1ccccc1. The molecule has 1 aromatic carbocycles. The van der Waals surface area contributed by atoms with Crippen LogP contribution in [0.15, 0.2) is 35.4 Å². The molecule has 0 aliphatic heterocycles. The first kappa shape index (κ1) is 14.6. The number of hydrogen-bond acceptors (Lipinski definition) is 4. The van der Waals surface area contributed by atoms with Gasteiger partial charge in [0.05, 0.1) is 23.9 Å². The lowest BCUT2D eigenvalue weighted by Gasteiger charge is -2.15. The molecule has 20 heavy (non-hydrogen) atoms. The molecule has 108 valence electrons. The van der Waals surface area contributed by atoms with Crippen LogP contribution in [0.2, 0.25) is 0 Å². The van der Waals surface area contributed by atoms with E-state index in [1.165, 1.54) is 0 Å². The Morgan fingerprint density at radius 2 is 2.10 bits per heavy atom. The molecule has 1 aromatic rings. The summed E-state index contributed by atoms with van der Waals surface area (Å²) in [5, 5.41) is 4.46. The number of rotatable bonds is 4. The molecular weight excluding hydrogens is 252 g/mol. The van der Waals surface area contributed by atoms with Crippen molar-refractivity contribution in [1.29, 1.82) is 0 Å². The van der Waals surface area contributed by atoms with E-state index < -0.39 is 0 Å². The van der Waals surface area contributed by atoms with Crippen LogP contribution in [0.4, 0.5) is 5.69 Å². The van der Waals surface area contributed by atoms with Crippen LogP contribution in [0.1, 0.15) is 39.0 Å². The van der Waals surface area contributed by atoms with Crippen molar-refractivity contribution in [3.63, 3.8) is 0 Å². The highest BCUT2D eigenvalue weighted by atomic mass is 16.5. The summed E-state index contributed by atoms with van der Waals surface area (Å²) >= 11 is 0. The van der Waals surface area contributed by atoms with Crippen LogP contribution in [-0.4, -0.2) is 18.3 Å². The number of esters is 1. The normalized spacial score (nSPS) is 21.2. The van der Waals surface area contributed by atoms with E-state index in [0.29, 0.717) is 6.61 Å². The molecular formula is C16H22N2O2. The maximum atomic E-state index is 12.0. The van der Waals surface area contributed by atoms with Crippen LogP contribution in [-0.2, 0) is 9.53 Å². The van der Waals surface area contributed by atoms with Gasteiger partial charge in [-0.25, -0.2) is 0 Å². The molecule has 1 aliphatic rings. The van der Waals surface area contributed by atoms with Crippen LogP contribution < -0.4 is 5.43 Å². The quantitative estimate of drug-likeness (QED) is 0.518. The summed E-state index contributed by atoms with van der Waals surface area (Å²) in [5.74, 6) is -0.323. The Bertz CT molecular complexity index is 457. The molecule has 2 rings (SSSR count). The number of anilines is 1. The van der Waals surface area contributed by atoms with Gasteiger partial charge in [0.1, 0.15) is 0 Å². The van der Waals surface area contributed by atoms with Crippen molar-refractivity contribution in [3.8, 4) is 0 Å². The number of carbonyl (C=O) groups excluding carboxylic acids is 1. The van der Waals surface area contributed by atoms with E-state index in [4.69, 9.17) is 4.74 Å². The van der Waals surface area contributed by atoms with Gasteiger partial charge in [-0.05, 0) is 38.3 Å². The molecule has 4 nitrogen and oxygen atoms in total. The van der Waals surface area contributed by atoms with E-state index in [1.54, 1.807) is 0 Å². The van der Waals surface area contributed by atoms with Crippen molar-refractivity contribution in [2.45, 2.75) is 39.0 Å². The third kappa shape index (κ3) is 4.08. The second-order valence-electron chi connectivity index (χ2n) is 4.98. The van der Waals surface area contributed by atoms with Gasteiger partial charge >= 0.3 is 5.97 Å². The first-order valence-corrected chi connectivity index (χ1v) is 7.35. The van der Waals surface area contributed by atoms with Gasteiger partial charge in [-0.15, -0.1) is 0 Å². The van der Waals surface area contributed by atoms with Crippen molar-refractivity contribution in [2.75, 3.05) is 12.0 Å². The molecule has 0 aromatic heterocycles. The first-order chi connectivity index (χ1) is 9.81. The average molecular weight is 274 g/mol. The Morgan fingerprint density at radius 3 is 2.85 bits per heavy atom. The second kappa shape index (κ2) is 7.68. The lowest BCUT2D eigenvalue weighted by atomic mass is 9.98. The van der Waals surface area contributed by atoms with Crippen molar-refractivity contribution in [3.05, 3.63) is 30.3 Å². The standard InChI is InChI=1S/C16H22N2O2/c1-2-20-16(19)14-11-7-4-8-12-15(14)18-17-13-9-5-3-6-10-13/h3,5-6,9-10,14,17H,2,4,7-8,11-12H2,1H3/b18-15+/t14-/m0/s1. The molecule has 1 saturated carbocycles. The molecule has 0 unspecified atom stereocenters. The largest absolute Gasteiger partial charge is 0.465 e. The molecule has 1 N–H and O–H groups in total. The Morgan fingerprint density at radius 1 is 1.30 bits per heavy atom. The molecule has 0 bridgehead atoms. The van der Waals surface area contributed by atoms with E-state index in [9.17, 15) is 4.79 Å². The fourth-order valence-corrected chi connectivity index (χ4v) is 2.45. The number of carbonyl (C=O) groups is 1. The predicted octanol–water partition coefficient (Wildman–Crippen LogP) is 3.60. The van der Waals surface area contributed by atoms with E-state index >= 15 is 0 Å². The zero-order valence-corrected chi connectivity index (χ0v) is 12.0. The molecule has 0 heterocycles. The molecule has 0 saturated heterocycles. The summed E-state index contributed by atoms with van der Waals surface area (Å²) in [7, 11) is 0. The number of nitrogens with zero attached hydrogens (tertiary/aromatic N) is 1. The van der Waals surface area contributed by atoms with E-state index in [1.807, 2.05) is 37.3 Å². The number of hydrogen-bond donors (Lipinski definition) is 1. The van der Waals surface area contributed by atoms with Gasteiger partial charge in [0.2, 0.25) is 0 Å². The number of ether oxygens (including phenoxy) is 1. The Balaban J connectivity index is 2.09. The van der Waals surface area contributed by atoms with Gasteiger partial charge in [-0.1, -0.05) is 31.0 Å². The van der Waals surface area contributed by atoms with Gasteiger partial charge < -0.3 is 4.74 Å². The van der Waals surface area contributed by atoms with E-state index in [-0.39, 0.29) is 11.9 Å². The minimum atomic E-state index is -0.186. The maximum Gasteiger partial charge on any atom is 0.314 e. The van der Waals surface area contributed by atoms with Crippen LogP contribution in [0.3, 0.4) is 0 Å². The highest BCUT2D eigenvalue weighted by Crippen LogP contribution is 2.22. The summed E-state index contributed by atoms with van der Waals surface area (Å²) in [6, 6.07) is 9.79. The van der Waals surface area contributed by atoms with Crippen LogP contribution in [0.25, 0.3) is 0 Å². The van der Waals surface area contributed by atoms with Crippen molar-refractivity contribution < 1.29 is 9.53 Å². The lowest BCUT2D eigenvalue weighted by molar-refractivity contribution is -0.145. The van der Waals surface area contributed by atoms with Crippen LogP contribution >= 0.6 is 0 Å². The summed E-state index contributed by atoms with van der Waals surface area (Å²) < 4.78 is 5.17. The highest BCUT2D eigenvalue weighted by molar-refractivity contribution is 6.02. The van der Waals surface area contributed by atoms with Crippen molar-refractivity contribution in [1.82, 2.24) is 0 Å². The van der Waals surface area contributed by atoms with E-state index in [2.05, 4.69) is 10.5 Å². The van der Waals surface area contributed by atoms with Crippen LogP contribution in [0, 0.1) is 5.92 Å². The molecule has 1 atom stereocenters. The smallest absolute Gasteiger partial charge is 0.314 e. The zero-order chi connectivity index (χ0) is 14.2. The summed E-state index contributed by atoms with van der Waals surface area (Å²) in [6.07, 6.45) is 5.01. The number of hydrazone groups is 1. The van der Waals surface area contributed by atoms with Crippen LogP contribution in [0.5, 0.6) is 0 Å². The minimum Gasteiger partial charge on any atom is -0.465 e. The van der Waals surface area contributed by atoms with Crippen molar-refractivity contribution >= 4 is 17.4 Å². The highest BCUT2D eigenvalue weighted by Gasteiger charge is 2.27. The number of nitrogens with one attached hydrogen (secondary N) is 1. The number of benzene rings is 1. The second-order valence-corrected chi connectivity index (χ2v) is 4.98. The topological polar surface area (TPSA) is 50.7 Å². The first-order valence-electron chi connectivity index (χ1n) is 7.35. The molecule has 0 radical (unpaired) electrons. The molecule has 0 spiro atoms. The molecule has 1 fully saturated rings. The van der Waals surface area contributed by atoms with Gasteiger partial charge in [-0.2, -0.15) is 5.10 Å². The zero-order valence-electron chi connectivity index (χ0n) is 12.0. The Hall–Kier alpha value is -1.84. The number of para-hydroxylation sites is 1. The lowest BCUT2D eigenvalue weighted by Crippen LogP contribution is -2.26. The van der Waals surface area contributed by atoms with Gasteiger partial charge in [0.15, 0.2) is 0 Å². The third-order valence-corrected chi connectivity index (χ3v) is 3.50. The Kier molecular flexibility index (Phi) is 5.59. The van der Waals surface area contributed by atoms with E-state index in [0.717, 1.165) is 43.5 Å².